The molecule has 29 nitrogen and oxygen atoms in total. The van der Waals surface area contributed by atoms with Gasteiger partial charge < -0.3 is 55.2 Å². The van der Waals surface area contributed by atoms with Gasteiger partial charge in [0.15, 0.2) is 11.4 Å². The number of amides is 2. The van der Waals surface area contributed by atoms with Crippen LogP contribution in [-0.2, 0) is 29.1 Å². The van der Waals surface area contributed by atoms with E-state index >= 15 is 0 Å². The van der Waals surface area contributed by atoms with Gasteiger partial charge >= 0.3 is 53.4 Å². The molecule has 3 aliphatic carbocycles. The van der Waals surface area contributed by atoms with Gasteiger partial charge in [0.1, 0.15) is 0 Å². The van der Waals surface area contributed by atoms with Crippen molar-refractivity contribution in [2.24, 2.45) is 5.73 Å². The summed E-state index contributed by atoms with van der Waals surface area (Å²) in [7, 11) is 2.64. The van der Waals surface area contributed by atoms with Crippen LogP contribution in [0, 0.1) is 0 Å². The first kappa shape index (κ1) is 109. The smallest absolute Gasteiger partial charge is 0.870 e. The largest absolute Gasteiger partial charge is 1.00 e. The van der Waals surface area contributed by atoms with Crippen molar-refractivity contribution in [1.82, 2.24) is 68.9 Å². The van der Waals surface area contributed by atoms with Crippen LogP contribution in [0.2, 0.25) is 0 Å². The number of nitrogens with zero attached hydrogens (tertiary/aromatic N) is 12. The molecule has 3 saturated carbocycles. The SMILES string of the molecule is C.C.C.COC(=O)c1ccc(CN)nc1.COC(=O)c1ccc(CNC(=O)c2nc3ccccc3n(C3C[C@H]4CC[C@@H](C3)N4C3CCCCCCC3)c2=O)nc1.Cl.F.FF.O=C(O)c1ccc(CNC(=O)c2nc3ccccc3n(C3C[C@H]4CC[C@@H](C3)N4C3CCCCCCC3)c2=O)nc1.O=C(O)c1nc2ccccc2n(C2C[C@H]3CC[C@@H](C2)N3C2CCCCCCC2)c1=O.[Na+].[OH-]. The molecule has 132 heavy (non-hydrogen) atoms. The molecule has 7 N–H and O–H groups in total. The number of nitrogens with two attached hydrogens (primary N) is 1. The number of hydrogen-bond donors (Lipinski definition) is 5. The summed E-state index contributed by atoms with van der Waals surface area (Å²) in [4.78, 5) is 147. The molecule has 9 aromatic rings. The number of carboxylic acids is 2. The molecule has 9 atom stereocenters. The molecule has 12 heterocycles. The molecule has 6 saturated heterocycles. The van der Waals surface area contributed by atoms with Crippen molar-refractivity contribution in [3.05, 3.63) is 210 Å². The van der Waals surface area contributed by atoms with E-state index in [1.54, 1.807) is 41.0 Å². The molecular formula is C98H132ClF3N15NaO14. The van der Waals surface area contributed by atoms with Gasteiger partial charge in [0.05, 0.1) is 94.2 Å². The number of hydrogen-bond acceptors (Lipinski definition) is 22. The number of ether oxygens (including phenoxy) is 2. The van der Waals surface area contributed by atoms with Crippen molar-refractivity contribution in [2.45, 2.75) is 326 Å². The van der Waals surface area contributed by atoms with Gasteiger partial charge in [-0.3, -0.25) is 58.3 Å². The second-order valence-electron chi connectivity index (χ2n) is 35.0. The number of aromatic nitrogens is 9. The van der Waals surface area contributed by atoms with E-state index in [-0.39, 0.29) is 145 Å². The van der Waals surface area contributed by atoms with Gasteiger partial charge in [-0.2, -0.15) is 0 Å². The minimum Gasteiger partial charge on any atom is -0.870 e. The first-order valence-electron chi connectivity index (χ1n) is 45.2. The fourth-order valence-corrected chi connectivity index (χ4v) is 21.9. The third kappa shape index (κ3) is 25.6. The molecule has 3 aromatic carbocycles. The van der Waals surface area contributed by atoms with Crippen LogP contribution in [0.25, 0.3) is 33.1 Å². The normalized spacial score (nSPS) is 21.9. The Labute approximate surface area is 798 Å². The molecule has 0 spiro atoms. The number of piperidine rings is 3. The van der Waals surface area contributed by atoms with Gasteiger partial charge in [-0.05, 0) is 188 Å². The summed E-state index contributed by atoms with van der Waals surface area (Å²) in [5.41, 5.74) is 10.5. The number of carboxylic acid groups (broad SMARTS) is 2. The Bertz CT molecular complexity index is 5410. The van der Waals surface area contributed by atoms with E-state index in [0.717, 1.165) is 60.8 Å². The Morgan fingerprint density at radius 1 is 0.379 bits per heavy atom. The molecule has 0 radical (unpaired) electrons. The zero-order chi connectivity index (χ0) is 87.6. The number of pyridine rings is 3. The average Bonchev–Trinajstić information content (AvgIpc) is 1.07. The van der Waals surface area contributed by atoms with E-state index in [9.17, 15) is 48.3 Å². The molecule has 712 valence electrons. The monoisotopic (exact) mass is 1860 g/mol. The maximum atomic E-state index is 13.9. The van der Waals surface area contributed by atoms with Gasteiger partial charge in [-0.15, -0.1) is 12.4 Å². The van der Waals surface area contributed by atoms with Crippen molar-refractivity contribution >= 4 is 81.2 Å². The summed E-state index contributed by atoms with van der Waals surface area (Å²) in [6.45, 7) is 0.552. The Morgan fingerprint density at radius 3 is 0.909 bits per heavy atom. The minimum absolute atomic E-state index is 0. The topological polar surface area (TPSA) is 394 Å². The Hall–Kier alpha value is -9.77. The number of fused-ring (bicyclic) bond motifs is 9. The molecule has 2 amide bonds. The summed E-state index contributed by atoms with van der Waals surface area (Å²) in [6, 6.07) is 37.3. The second-order valence-corrected chi connectivity index (χ2v) is 35.0. The zero-order valence-electron chi connectivity index (χ0n) is 73.9. The number of nitrogens with one attached hydrogen (secondary N) is 2. The zero-order valence-corrected chi connectivity index (χ0v) is 76.7. The Kier molecular flexibility index (Phi) is 43.2. The number of esters is 2. The van der Waals surface area contributed by atoms with E-state index in [1.165, 1.54) is 212 Å². The van der Waals surface area contributed by atoms with Crippen molar-refractivity contribution in [3.63, 3.8) is 0 Å². The molecule has 9 aliphatic rings. The maximum absolute atomic E-state index is 13.9. The van der Waals surface area contributed by atoms with Crippen molar-refractivity contribution in [3.8, 4) is 0 Å². The molecule has 18 rings (SSSR count). The van der Waals surface area contributed by atoms with Gasteiger partial charge in [0.25, 0.3) is 28.5 Å². The number of benzene rings is 3. The second kappa shape index (κ2) is 52.2. The average molecular weight is 1860 g/mol. The van der Waals surface area contributed by atoms with Crippen LogP contribution in [0.15, 0.2) is 142 Å². The molecule has 3 unspecified atom stereocenters. The van der Waals surface area contributed by atoms with Crippen LogP contribution in [0.1, 0.15) is 332 Å². The van der Waals surface area contributed by atoms with Crippen LogP contribution in [-0.4, -0.2) is 178 Å². The predicted octanol–water partition coefficient (Wildman–Crippen LogP) is 14.3. The number of carbonyl (C=O) groups is 6. The Morgan fingerprint density at radius 2 is 0.644 bits per heavy atom. The summed E-state index contributed by atoms with van der Waals surface area (Å²) in [5.74, 6) is -4.24. The van der Waals surface area contributed by atoms with Crippen molar-refractivity contribution < 1.29 is 97.3 Å². The van der Waals surface area contributed by atoms with Crippen LogP contribution >= 0.6 is 12.4 Å². The van der Waals surface area contributed by atoms with E-state index in [2.05, 4.69) is 60.0 Å². The van der Waals surface area contributed by atoms with Crippen molar-refractivity contribution in [1.29, 1.82) is 0 Å². The summed E-state index contributed by atoms with van der Waals surface area (Å²) < 4.78 is 30.7. The molecular weight excluding hydrogens is 1730 g/mol. The Balaban J connectivity index is 0.000000248. The molecule has 9 fully saturated rings. The van der Waals surface area contributed by atoms with E-state index < -0.39 is 35.3 Å². The first-order valence-corrected chi connectivity index (χ1v) is 45.2. The number of methoxy groups -OCH3 is 2. The number of carbonyl (C=O) groups excluding carboxylic acids is 4. The third-order valence-electron chi connectivity index (χ3n) is 27.5. The molecule has 6 aromatic heterocycles. The van der Waals surface area contributed by atoms with Crippen LogP contribution < -0.4 is 62.6 Å². The van der Waals surface area contributed by atoms with Crippen LogP contribution in [0.4, 0.5) is 13.9 Å². The molecule has 6 aliphatic heterocycles. The van der Waals surface area contributed by atoms with E-state index in [0.29, 0.717) is 100.0 Å². The quantitative estimate of drug-likeness (QED) is 0.0417. The van der Waals surface area contributed by atoms with E-state index in [4.69, 9.17) is 24.7 Å². The van der Waals surface area contributed by atoms with E-state index in [1.807, 2.05) is 75.9 Å². The third-order valence-corrected chi connectivity index (χ3v) is 27.5. The van der Waals surface area contributed by atoms with Gasteiger partial charge in [0.2, 0.25) is 5.69 Å². The van der Waals surface area contributed by atoms with Gasteiger partial charge in [-0.25, -0.2) is 34.1 Å². The number of aromatic carboxylic acids is 2. The predicted molar refractivity (Wildman–Crippen MR) is 501 cm³/mol. The van der Waals surface area contributed by atoms with Crippen LogP contribution in [0.3, 0.4) is 0 Å². The molecule has 6 bridgehead atoms. The fourth-order valence-electron chi connectivity index (χ4n) is 21.9. The van der Waals surface area contributed by atoms with Gasteiger partial charge in [0, 0.05) is 107 Å². The summed E-state index contributed by atoms with van der Waals surface area (Å²) in [5, 5.41) is 24.2. The first-order chi connectivity index (χ1) is 60.9. The maximum Gasteiger partial charge on any atom is 1.00 e. The number of halogens is 4. The van der Waals surface area contributed by atoms with Gasteiger partial charge in [-0.1, -0.05) is 155 Å². The molecule has 34 heteroatoms. The minimum atomic E-state index is -1.24. The number of rotatable bonds is 17. The van der Waals surface area contributed by atoms with Crippen molar-refractivity contribution in [2.75, 3.05) is 14.2 Å². The summed E-state index contributed by atoms with van der Waals surface area (Å²) >= 11 is 0. The summed E-state index contributed by atoms with van der Waals surface area (Å²) in [6.07, 6.45) is 44.7. The fraction of sp³-hybridized carbons (Fsp3) is 0.541. The number of para-hydroxylation sites is 6. The van der Waals surface area contributed by atoms with Crippen LogP contribution in [0.5, 0.6) is 0 Å². The standard InChI is InChI=1S/C32H39N5O4.C31H37N5O4.C24H31N3O3.C8H10N2O2.3CH4.ClH.F2.FH.Na.H2O/c1-41-32(40)21-13-14-22(33-19-21)20-34-30(38)29-31(39)37(28-12-8-7-11-27(28)35-29)26-17-24-15-16-25(18-26)36(24)23-9-5-3-2-4-6-10-23;37-29(33-19-21-13-12-20(18-32-21)31(39)40)28-30(38)36(27-11-7-6-10-26(27)34-28)25-16-23-14-15-24(17-25)35(23)22-8-4-2-1-3-5-9-22;28-23-22(24(29)30)25-20-10-6-7-11-21(20)27(23)19-14-17-12-13-18(15-19)26(17)16-8-4-2-1-3-5-9-16;1-12-8(11)6-2-3-7(4-9)10-5-6;;;;;1-2;;;/h7-8,11-14,19,23-26H,2-6,9-10,15-18,20H2,1H3,(H,34,38);6-7,10-13,18,22-25H,1-5,8-9,14-17,19H2,(H,33,37)(H,39,40);6-7,10-11,16-19H,1-5,8-9,12-15H2,(H,29,30);2-3,5H,4,9H2,1H3;3*1H4;1H;;1H;;1H2/q;;;;;;;;;;+1;/p-1/t24-,25+,26?;23-,24+,25?;17-,18+,19?;;;;;;;;;.